The van der Waals surface area contributed by atoms with Crippen LogP contribution in [0.4, 0.5) is 0 Å². The Balaban J connectivity index is 2.30. The van der Waals surface area contributed by atoms with Crippen LogP contribution in [0.2, 0.25) is 0 Å². The molecule has 0 aromatic heterocycles. The van der Waals surface area contributed by atoms with Gasteiger partial charge in [0.15, 0.2) is 6.29 Å². The van der Waals surface area contributed by atoms with Gasteiger partial charge in [-0.3, -0.25) is 4.79 Å². The summed E-state index contributed by atoms with van der Waals surface area (Å²) in [5.74, 6) is 0.640. The molecule has 0 bridgehead atoms. The van der Waals surface area contributed by atoms with Crippen molar-refractivity contribution in [3.63, 3.8) is 0 Å². The maximum atomic E-state index is 12.9. The molecule has 1 unspecified atom stereocenters. The van der Waals surface area contributed by atoms with Crippen LogP contribution in [0.5, 0.6) is 0 Å². The van der Waals surface area contributed by atoms with Crippen molar-refractivity contribution in [2.45, 2.75) is 256 Å². The van der Waals surface area contributed by atoms with Gasteiger partial charge in [0.25, 0.3) is 0 Å². The minimum atomic E-state index is -1.56. The number of aliphatic hydroxyl groups is 5. The van der Waals surface area contributed by atoms with E-state index < -0.39 is 49.5 Å². The van der Waals surface area contributed by atoms with Crippen LogP contribution < -0.4 is 5.32 Å². The first-order chi connectivity index (χ1) is 26.7. The summed E-state index contributed by atoms with van der Waals surface area (Å²) in [5.41, 5.74) is 0. The van der Waals surface area contributed by atoms with E-state index in [0.717, 1.165) is 44.4 Å². The van der Waals surface area contributed by atoms with Gasteiger partial charge in [0.1, 0.15) is 24.4 Å². The maximum Gasteiger partial charge on any atom is 0.220 e. The average Bonchev–Trinajstić information content (AvgIpc) is 3.18. The van der Waals surface area contributed by atoms with Crippen LogP contribution in [0.25, 0.3) is 0 Å². The van der Waals surface area contributed by atoms with Gasteiger partial charge in [-0.1, -0.05) is 200 Å². The lowest BCUT2D eigenvalue weighted by molar-refractivity contribution is -0.302. The normalized spacial score (nSPS) is 21.9. The first-order valence-electron chi connectivity index (χ1n) is 23.3. The Morgan fingerprint density at radius 3 is 1.64 bits per heavy atom. The summed E-state index contributed by atoms with van der Waals surface area (Å²) < 4.78 is 11.2. The molecule has 1 heterocycles. The molecule has 9 heteroatoms. The molecule has 9 nitrogen and oxygen atoms in total. The monoisotopic (exact) mass is 784 g/mol. The molecule has 1 amide bonds. The van der Waals surface area contributed by atoms with Crippen LogP contribution in [0, 0.1) is 5.92 Å². The Bertz CT molecular complexity index is 888. The number of rotatable bonds is 38. The van der Waals surface area contributed by atoms with Gasteiger partial charge >= 0.3 is 0 Å². The molecule has 1 rings (SSSR count). The van der Waals surface area contributed by atoms with E-state index in [9.17, 15) is 30.3 Å². The van der Waals surface area contributed by atoms with Crippen LogP contribution in [0.15, 0.2) is 12.2 Å². The van der Waals surface area contributed by atoms with Crippen LogP contribution in [-0.4, -0.2) is 87.5 Å². The lowest BCUT2D eigenvalue weighted by Gasteiger charge is -2.40. The van der Waals surface area contributed by atoms with Gasteiger partial charge in [-0.15, -0.1) is 0 Å². The summed E-state index contributed by atoms with van der Waals surface area (Å²) in [6, 6.07) is -0.799. The highest BCUT2D eigenvalue weighted by Gasteiger charge is 2.44. The zero-order valence-electron chi connectivity index (χ0n) is 35.9. The van der Waals surface area contributed by atoms with E-state index in [1.807, 2.05) is 6.08 Å². The molecule has 6 N–H and O–H groups in total. The largest absolute Gasteiger partial charge is 0.394 e. The Morgan fingerprint density at radius 2 is 1.15 bits per heavy atom. The number of hydrogen-bond acceptors (Lipinski definition) is 8. The summed E-state index contributed by atoms with van der Waals surface area (Å²) in [7, 11) is 0. The van der Waals surface area contributed by atoms with Gasteiger partial charge in [0.05, 0.1) is 25.4 Å². The van der Waals surface area contributed by atoms with Crippen molar-refractivity contribution in [2.24, 2.45) is 5.92 Å². The molecule has 0 spiro atoms. The van der Waals surface area contributed by atoms with E-state index >= 15 is 0 Å². The summed E-state index contributed by atoms with van der Waals surface area (Å²) >= 11 is 0. The first-order valence-corrected chi connectivity index (χ1v) is 23.3. The van der Waals surface area contributed by atoms with E-state index in [-0.39, 0.29) is 12.5 Å². The van der Waals surface area contributed by atoms with Crippen molar-refractivity contribution in [1.29, 1.82) is 0 Å². The minimum Gasteiger partial charge on any atom is -0.394 e. The molecule has 0 saturated carbocycles. The molecule has 1 saturated heterocycles. The lowest BCUT2D eigenvalue weighted by Crippen LogP contribution is -2.60. The highest BCUT2D eigenvalue weighted by atomic mass is 16.7. The molecule has 0 radical (unpaired) electrons. The topological polar surface area (TPSA) is 149 Å². The number of carbonyl (C=O) groups is 1. The Labute approximate surface area is 337 Å². The van der Waals surface area contributed by atoms with Gasteiger partial charge in [-0.05, 0) is 25.2 Å². The number of unbranched alkanes of at least 4 members (excludes halogenated alkanes) is 25. The van der Waals surface area contributed by atoms with E-state index in [1.165, 1.54) is 148 Å². The van der Waals surface area contributed by atoms with Crippen molar-refractivity contribution >= 4 is 5.91 Å². The third-order valence-electron chi connectivity index (χ3n) is 11.7. The summed E-state index contributed by atoms with van der Waals surface area (Å²) in [6.45, 7) is 6.10. The third-order valence-corrected chi connectivity index (χ3v) is 11.7. The average molecular weight is 784 g/mol. The Hall–Kier alpha value is -1.07. The second kappa shape index (κ2) is 36.0. The zero-order chi connectivity index (χ0) is 40.4. The van der Waals surface area contributed by atoms with Crippen molar-refractivity contribution in [1.82, 2.24) is 5.32 Å². The highest BCUT2D eigenvalue weighted by molar-refractivity contribution is 5.76. The molecule has 0 aliphatic carbocycles. The van der Waals surface area contributed by atoms with Crippen LogP contribution >= 0.6 is 0 Å². The lowest BCUT2D eigenvalue weighted by atomic mass is 9.99. The SMILES string of the molecule is CCCCCCCCCCCCCCCCCCCCCCC(=O)N[C@@H](CO[C@@H]1O[C@H](CO)[C@@H](O)[C@H](O)[C@H]1O)[C@H](O)/C=C/CCCCCCCCC(C)CC. The van der Waals surface area contributed by atoms with Gasteiger partial charge in [-0.25, -0.2) is 0 Å². The molecule has 1 aliphatic heterocycles. The highest BCUT2D eigenvalue weighted by Crippen LogP contribution is 2.23. The molecule has 326 valence electrons. The van der Waals surface area contributed by atoms with Crippen molar-refractivity contribution in [3.8, 4) is 0 Å². The Morgan fingerprint density at radius 1 is 0.673 bits per heavy atom. The van der Waals surface area contributed by atoms with Crippen LogP contribution in [-0.2, 0) is 14.3 Å². The molecular formula is C46H89NO8. The van der Waals surface area contributed by atoms with Gasteiger partial charge in [0.2, 0.25) is 5.91 Å². The molecule has 1 aliphatic rings. The fourth-order valence-electron chi connectivity index (χ4n) is 7.48. The molecule has 1 fully saturated rings. The van der Waals surface area contributed by atoms with E-state index in [2.05, 4.69) is 26.1 Å². The molecule has 55 heavy (non-hydrogen) atoms. The Kier molecular flexibility index (Phi) is 34.0. The quantitative estimate of drug-likeness (QED) is 0.0268. The summed E-state index contributed by atoms with van der Waals surface area (Å²) in [5, 5.41) is 54.1. The second-order valence-corrected chi connectivity index (χ2v) is 16.8. The molecule has 8 atom stereocenters. The standard InChI is InChI=1S/C46H89NO8/c1-4-6-7-8-9-10-11-12-13-14-15-16-17-18-19-20-21-26-29-32-35-42(50)47-39(37-54-46-45(53)44(52)43(51)41(36-48)55-46)40(49)34-31-28-25-23-22-24-27-30-33-38(3)5-2/h31,34,38-41,43-46,48-49,51-53H,4-30,32-33,35-37H2,1-3H3,(H,47,50)/b34-31+/t38?,39-,40+,41+,43+,44-,45+,46+/m0/s1. The molecule has 0 aromatic rings. The van der Waals surface area contributed by atoms with Crippen LogP contribution in [0.3, 0.4) is 0 Å². The fourth-order valence-corrected chi connectivity index (χ4v) is 7.48. The third kappa shape index (κ3) is 27.3. The van der Waals surface area contributed by atoms with Crippen molar-refractivity contribution < 1.29 is 39.8 Å². The van der Waals surface area contributed by atoms with E-state index in [1.54, 1.807) is 6.08 Å². The molecule has 0 aromatic carbocycles. The number of hydrogen-bond donors (Lipinski definition) is 6. The summed E-state index contributed by atoms with van der Waals surface area (Å²) in [6.07, 6.45) is 32.6. The minimum absolute atomic E-state index is 0.175. The number of nitrogens with one attached hydrogen (secondary N) is 1. The summed E-state index contributed by atoms with van der Waals surface area (Å²) in [4.78, 5) is 12.9. The second-order valence-electron chi connectivity index (χ2n) is 16.8. The number of carbonyl (C=O) groups excluding carboxylic acids is 1. The van der Waals surface area contributed by atoms with E-state index in [4.69, 9.17) is 9.47 Å². The van der Waals surface area contributed by atoms with Crippen molar-refractivity contribution in [2.75, 3.05) is 13.2 Å². The van der Waals surface area contributed by atoms with E-state index in [0.29, 0.717) is 6.42 Å². The van der Waals surface area contributed by atoms with Crippen LogP contribution in [0.1, 0.15) is 213 Å². The molecular weight excluding hydrogens is 695 g/mol. The maximum absolute atomic E-state index is 12.9. The van der Waals surface area contributed by atoms with Gasteiger partial charge < -0.3 is 40.3 Å². The number of amides is 1. The first kappa shape index (κ1) is 51.9. The predicted molar refractivity (Wildman–Crippen MR) is 226 cm³/mol. The number of aliphatic hydroxyl groups excluding tert-OH is 5. The van der Waals surface area contributed by atoms with Crippen molar-refractivity contribution in [3.05, 3.63) is 12.2 Å². The smallest absolute Gasteiger partial charge is 0.220 e. The predicted octanol–water partition coefficient (Wildman–Crippen LogP) is 9.58. The van der Waals surface area contributed by atoms with Gasteiger partial charge in [0, 0.05) is 6.42 Å². The van der Waals surface area contributed by atoms with Gasteiger partial charge in [-0.2, -0.15) is 0 Å². The zero-order valence-corrected chi connectivity index (χ0v) is 35.9. The number of ether oxygens (including phenoxy) is 2. The number of allylic oxidation sites excluding steroid dienone is 1. The fraction of sp³-hybridized carbons (Fsp3) is 0.935.